The Kier molecular flexibility index (Phi) is 5.14. The van der Waals surface area contributed by atoms with Crippen molar-refractivity contribution >= 4 is 23.2 Å². The molecule has 3 N–H and O–H groups in total. The summed E-state index contributed by atoms with van der Waals surface area (Å²) < 4.78 is 0. The van der Waals surface area contributed by atoms with Crippen molar-refractivity contribution in [1.82, 2.24) is 0 Å². The maximum Gasteiger partial charge on any atom is 0.241 e. The SMILES string of the molecule is CC(C)CC(N)C(=O)Nc1ccc(C#N)cc1Cl. The first kappa shape index (κ1) is 14.5. The summed E-state index contributed by atoms with van der Waals surface area (Å²) in [5.74, 6) is 0.0810. The highest BCUT2D eigenvalue weighted by Gasteiger charge is 2.16. The van der Waals surface area contributed by atoms with E-state index in [0.717, 1.165) is 0 Å². The number of carbonyl (C=O) groups is 1. The van der Waals surface area contributed by atoms with Crippen molar-refractivity contribution in [3.05, 3.63) is 28.8 Å². The molecule has 5 heteroatoms. The Morgan fingerprint density at radius 2 is 2.22 bits per heavy atom. The van der Waals surface area contributed by atoms with Crippen LogP contribution in [0.5, 0.6) is 0 Å². The molecule has 0 aliphatic rings. The second kappa shape index (κ2) is 6.39. The topological polar surface area (TPSA) is 78.9 Å². The molecule has 0 bridgehead atoms. The van der Waals surface area contributed by atoms with Crippen LogP contribution in [0, 0.1) is 17.2 Å². The van der Waals surface area contributed by atoms with E-state index in [4.69, 9.17) is 22.6 Å². The normalized spacial score (nSPS) is 12.0. The molecule has 1 unspecified atom stereocenters. The summed E-state index contributed by atoms with van der Waals surface area (Å²) in [5.41, 5.74) is 6.69. The monoisotopic (exact) mass is 265 g/mol. The molecule has 0 spiro atoms. The average Bonchev–Trinajstić information content (AvgIpc) is 2.30. The van der Waals surface area contributed by atoms with Gasteiger partial charge in [0, 0.05) is 0 Å². The Morgan fingerprint density at radius 3 is 2.72 bits per heavy atom. The van der Waals surface area contributed by atoms with Crippen molar-refractivity contribution in [2.24, 2.45) is 11.7 Å². The van der Waals surface area contributed by atoms with Gasteiger partial charge in [-0.15, -0.1) is 0 Å². The van der Waals surface area contributed by atoms with Crippen LogP contribution in [0.25, 0.3) is 0 Å². The number of halogens is 1. The molecule has 0 fully saturated rings. The number of nitrogens with one attached hydrogen (secondary N) is 1. The van der Waals surface area contributed by atoms with Gasteiger partial charge in [0.2, 0.25) is 5.91 Å². The summed E-state index contributed by atoms with van der Waals surface area (Å²) in [6.45, 7) is 4.00. The van der Waals surface area contributed by atoms with Gasteiger partial charge in [-0.25, -0.2) is 0 Å². The van der Waals surface area contributed by atoms with Gasteiger partial charge in [0.25, 0.3) is 0 Å². The summed E-state index contributed by atoms with van der Waals surface area (Å²) in [7, 11) is 0. The van der Waals surface area contributed by atoms with Crippen LogP contribution in [0.3, 0.4) is 0 Å². The summed E-state index contributed by atoms with van der Waals surface area (Å²) in [6, 6.07) is 6.11. The minimum absolute atomic E-state index is 0.268. The fourth-order valence-electron chi connectivity index (χ4n) is 1.53. The first-order valence-electron chi connectivity index (χ1n) is 5.70. The van der Waals surface area contributed by atoms with E-state index in [1.807, 2.05) is 19.9 Å². The van der Waals surface area contributed by atoms with Crippen molar-refractivity contribution < 1.29 is 4.79 Å². The van der Waals surface area contributed by atoms with Crippen LogP contribution in [0.1, 0.15) is 25.8 Å². The van der Waals surface area contributed by atoms with E-state index in [9.17, 15) is 4.79 Å². The largest absolute Gasteiger partial charge is 0.323 e. The predicted octanol–water partition coefficient (Wildman–Crippen LogP) is 2.52. The van der Waals surface area contributed by atoms with Gasteiger partial charge in [0.1, 0.15) is 0 Å². The zero-order chi connectivity index (χ0) is 13.7. The molecule has 1 aromatic carbocycles. The van der Waals surface area contributed by atoms with Crippen LogP contribution in [-0.4, -0.2) is 11.9 Å². The van der Waals surface area contributed by atoms with Crippen molar-refractivity contribution in [2.45, 2.75) is 26.3 Å². The molecule has 0 saturated carbocycles. The lowest BCUT2D eigenvalue weighted by Gasteiger charge is -2.14. The molecule has 0 saturated heterocycles. The molecule has 1 rings (SSSR count). The summed E-state index contributed by atoms with van der Waals surface area (Å²) in [6.07, 6.45) is 0.611. The number of anilines is 1. The van der Waals surface area contributed by atoms with Gasteiger partial charge < -0.3 is 11.1 Å². The van der Waals surface area contributed by atoms with E-state index >= 15 is 0 Å². The van der Waals surface area contributed by atoms with Crippen molar-refractivity contribution in [3.8, 4) is 6.07 Å². The Morgan fingerprint density at radius 1 is 1.56 bits per heavy atom. The van der Waals surface area contributed by atoms with E-state index in [0.29, 0.717) is 28.6 Å². The second-order valence-electron chi connectivity index (χ2n) is 4.53. The van der Waals surface area contributed by atoms with Gasteiger partial charge in [-0.05, 0) is 30.5 Å². The molecular weight excluding hydrogens is 250 g/mol. The molecule has 96 valence electrons. The maximum absolute atomic E-state index is 11.8. The van der Waals surface area contributed by atoms with Crippen LogP contribution in [0.15, 0.2) is 18.2 Å². The fraction of sp³-hybridized carbons (Fsp3) is 0.385. The predicted molar refractivity (Wildman–Crippen MR) is 72.2 cm³/mol. The molecule has 0 aromatic heterocycles. The Labute approximate surface area is 112 Å². The van der Waals surface area contributed by atoms with Crippen molar-refractivity contribution in [2.75, 3.05) is 5.32 Å². The molecule has 18 heavy (non-hydrogen) atoms. The van der Waals surface area contributed by atoms with E-state index in [-0.39, 0.29) is 5.91 Å². The number of hydrogen-bond acceptors (Lipinski definition) is 3. The Bertz CT molecular complexity index is 480. The number of rotatable bonds is 4. The molecule has 1 atom stereocenters. The average molecular weight is 266 g/mol. The lowest BCUT2D eigenvalue weighted by atomic mass is 10.0. The summed E-state index contributed by atoms with van der Waals surface area (Å²) in [5, 5.41) is 11.7. The molecule has 0 heterocycles. The highest BCUT2D eigenvalue weighted by atomic mass is 35.5. The third-order valence-corrected chi connectivity index (χ3v) is 2.73. The Balaban J connectivity index is 2.73. The lowest BCUT2D eigenvalue weighted by Crippen LogP contribution is -2.36. The van der Waals surface area contributed by atoms with Crippen LogP contribution >= 0.6 is 11.6 Å². The maximum atomic E-state index is 11.8. The van der Waals surface area contributed by atoms with E-state index in [1.54, 1.807) is 12.1 Å². The number of nitrogens with two attached hydrogens (primary N) is 1. The summed E-state index contributed by atoms with van der Waals surface area (Å²) in [4.78, 5) is 11.8. The molecule has 1 amide bonds. The minimum Gasteiger partial charge on any atom is -0.323 e. The molecule has 0 aliphatic carbocycles. The second-order valence-corrected chi connectivity index (χ2v) is 4.94. The molecule has 4 nitrogen and oxygen atoms in total. The number of nitriles is 1. The number of carbonyl (C=O) groups excluding carboxylic acids is 1. The van der Waals surface area contributed by atoms with Gasteiger partial charge >= 0.3 is 0 Å². The van der Waals surface area contributed by atoms with Gasteiger partial charge in [-0.2, -0.15) is 5.26 Å². The number of benzene rings is 1. The van der Waals surface area contributed by atoms with Crippen molar-refractivity contribution in [3.63, 3.8) is 0 Å². The smallest absolute Gasteiger partial charge is 0.241 e. The highest BCUT2D eigenvalue weighted by Crippen LogP contribution is 2.23. The van der Waals surface area contributed by atoms with E-state index in [2.05, 4.69) is 5.32 Å². The zero-order valence-corrected chi connectivity index (χ0v) is 11.2. The lowest BCUT2D eigenvalue weighted by molar-refractivity contribution is -0.117. The van der Waals surface area contributed by atoms with Gasteiger partial charge in [-0.1, -0.05) is 25.4 Å². The van der Waals surface area contributed by atoms with Crippen LogP contribution < -0.4 is 11.1 Å². The third-order valence-electron chi connectivity index (χ3n) is 2.42. The van der Waals surface area contributed by atoms with Gasteiger partial charge in [0.15, 0.2) is 0 Å². The Hall–Kier alpha value is -1.57. The molecule has 0 aliphatic heterocycles. The van der Waals surface area contributed by atoms with Gasteiger partial charge in [-0.3, -0.25) is 4.79 Å². The standard InChI is InChI=1S/C13H16ClN3O/c1-8(2)5-11(16)13(18)17-12-4-3-9(7-15)6-10(12)14/h3-4,6,8,11H,5,16H2,1-2H3,(H,17,18). The number of nitrogens with zero attached hydrogens (tertiary/aromatic N) is 1. The van der Waals surface area contributed by atoms with Crippen molar-refractivity contribution in [1.29, 1.82) is 5.26 Å². The summed E-state index contributed by atoms with van der Waals surface area (Å²) >= 11 is 5.96. The van der Waals surface area contributed by atoms with Gasteiger partial charge in [0.05, 0.1) is 28.4 Å². The van der Waals surface area contributed by atoms with Crippen LogP contribution in [-0.2, 0) is 4.79 Å². The number of amides is 1. The minimum atomic E-state index is -0.559. The van der Waals surface area contributed by atoms with E-state index in [1.165, 1.54) is 6.07 Å². The molecular formula is C13H16ClN3O. The number of hydrogen-bond donors (Lipinski definition) is 2. The fourth-order valence-corrected chi connectivity index (χ4v) is 1.75. The zero-order valence-electron chi connectivity index (χ0n) is 10.4. The quantitative estimate of drug-likeness (QED) is 0.878. The first-order valence-corrected chi connectivity index (χ1v) is 6.08. The highest BCUT2D eigenvalue weighted by molar-refractivity contribution is 6.33. The molecule has 1 aromatic rings. The first-order chi connectivity index (χ1) is 8.43. The van der Waals surface area contributed by atoms with E-state index < -0.39 is 6.04 Å². The molecule has 0 radical (unpaired) electrons. The third kappa shape index (κ3) is 4.02. The van der Waals surface area contributed by atoms with Crippen LogP contribution in [0.4, 0.5) is 5.69 Å². The van der Waals surface area contributed by atoms with Crippen LogP contribution in [0.2, 0.25) is 5.02 Å².